The molecule has 2 aromatic rings. The van der Waals surface area contributed by atoms with Crippen molar-refractivity contribution in [3.8, 4) is 5.75 Å². The van der Waals surface area contributed by atoms with Crippen LogP contribution >= 0.6 is 0 Å². The smallest absolute Gasteiger partial charge is 0.211 e. The topological polar surface area (TPSA) is 44.1 Å². The van der Waals surface area contributed by atoms with Crippen LogP contribution in [0.2, 0.25) is 0 Å². The fraction of sp³-hybridized carbons (Fsp3) is 0.286. The van der Waals surface area contributed by atoms with Crippen molar-refractivity contribution in [2.75, 3.05) is 0 Å². The Hall–Kier alpha value is -2.10. The number of ketones is 1. The lowest BCUT2D eigenvalue weighted by Crippen LogP contribution is -2.09. The summed E-state index contributed by atoms with van der Waals surface area (Å²) in [5.74, 6) is 0.734. The molecule has 4 nitrogen and oxygen atoms in total. The van der Waals surface area contributed by atoms with Gasteiger partial charge in [0.15, 0.2) is 0 Å². The minimum atomic E-state index is -0.0360. The van der Waals surface area contributed by atoms with Crippen LogP contribution in [0.5, 0.6) is 5.75 Å². The molecule has 0 atom stereocenters. The molecule has 0 radical (unpaired) electrons. The fourth-order valence-electron chi connectivity index (χ4n) is 1.70. The number of aryl methyl sites for hydroxylation is 1. The predicted octanol–water partition coefficient (Wildman–Crippen LogP) is 2.44. The number of hydrogen-bond acceptors (Lipinski definition) is 3. The van der Waals surface area contributed by atoms with E-state index in [1.54, 1.807) is 36.1 Å². The summed E-state index contributed by atoms with van der Waals surface area (Å²) in [6.07, 6.45) is 1.74. The molecule has 0 unspecified atom stereocenters. The highest BCUT2D eigenvalue weighted by atomic mass is 16.5. The van der Waals surface area contributed by atoms with E-state index in [9.17, 15) is 4.79 Å². The molecule has 0 aliphatic rings. The van der Waals surface area contributed by atoms with Crippen LogP contribution in [-0.4, -0.2) is 21.7 Å². The van der Waals surface area contributed by atoms with Gasteiger partial charge in [-0.05, 0) is 44.2 Å². The average molecular weight is 244 g/mol. The second-order valence-electron chi connectivity index (χ2n) is 4.36. The minimum absolute atomic E-state index is 0.0360. The first-order chi connectivity index (χ1) is 8.58. The van der Waals surface area contributed by atoms with E-state index in [4.69, 9.17) is 4.74 Å². The van der Waals surface area contributed by atoms with E-state index < -0.39 is 0 Å². The zero-order valence-electron chi connectivity index (χ0n) is 10.8. The van der Waals surface area contributed by atoms with Gasteiger partial charge in [0.25, 0.3) is 0 Å². The summed E-state index contributed by atoms with van der Waals surface area (Å²) >= 11 is 0. The molecule has 0 saturated carbocycles. The summed E-state index contributed by atoms with van der Waals surface area (Å²) in [5, 5.41) is 3.99. The molecule has 0 saturated heterocycles. The van der Waals surface area contributed by atoms with Gasteiger partial charge in [-0.15, -0.1) is 0 Å². The molecule has 94 valence electrons. The summed E-state index contributed by atoms with van der Waals surface area (Å²) in [6, 6.07) is 8.87. The first kappa shape index (κ1) is 12.4. The molecule has 0 amide bonds. The molecule has 0 bridgehead atoms. The maximum absolute atomic E-state index is 12.2. The van der Waals surface area contributed by atoms with Crippen molar-refractivity contribution in [2.24, 2.45) is 7.05 Å². The maximum Gasteiger partial charge on any atom is 0.211 e. The molecule has 18 heavy (non-hydrogen) atoms. The number of carbonyl (C=O) groups is 1. The van der Waals surface area contributed by atoms with Gasteiger partial charge >= 0.3 is 0 Å². The van der Waals surface area contributed by atoms with Crippen molar-refractivity contribution in [3.05, 3.63) is 47.8 Å². The Kier molecular flexibility index (Phi) is 3.46. The van der Waals surface area contributed by atoms with E-state index in [1.807, 2.05) is 26.0 Å². The van der Waals surface area contributed by atoms with Gasteiger partial charge in [0.1, 0.15) is 11.4 Å². The summed E-state index contributed by atoms with van der Waals surface area (Å²) in [7, 11) is 1.75. The molecule has 1 aromatic carbocycles. The van der Waals surface area contributed by atoms with Gasteiger partial charge in [-0.1, -0.05) is 0 Å². The van der Waals surface area contributed by atoms with Crippen LogP contribution in [0.25, 0.3) is 0 Å². The molecule has 0 fully saturated rings. The quantitative estimate of drug-likeness (QED) is 0.776. The van der Waals surface area contributed by atoms with Crippen molar-refractivity contribution in [2.45, 2.75) is 20.0 Å². The highest BCUT2D eigenvalue weighted by Gasteiger charge is 2.12. The summed E-state index contributed by atoms with van der Waals surface area (Å²) in [5.41, 5.74) is 1.21. The predicted molar refractivity (Wildman–Crippen MR) is 68.8 cm³/mol. The number of carbonyl (C=O) groups excluding carboxylic acids is 1. The Bertz CT molecular complexity index is 541. The van der Waals surface area contributed by atoms with Gasteiger partial charge < -0.3 is 4.74 Å². The number of rotatable bonds is 4. The van der Waals surface area contributed by atoms with Gasteiger partial charge in [-0.3, -0.25) is 9.48 Å². The Balaban J connectivity index is 2.20. The average Bonchev–Trinajstić information content (AvgIpc) is 2.75. The van der Waals surface area contributed by atoms with E-state index >= 15 is 0 Å². The lowest BCUT2D eigenvalue weighted by atomic mass is 10.1. The molecule has 0 spiro atoms. The van der Waals surface area contributed by atoms with Crippen LogP contribution in [0.3, 0.4) is 0 Å². The number of ether oxygens (including phenoxy) is 1. The molecule has 0 aliphatic carbocycles. The molecule has 1 aromatic heterocycles. The lowest BCUT2D eigenvalue weighted by Gasteiger charge is -2.09. The van der Waals surface area contributed by atoms with Crippen LogP contribution in [-0.2, 0) is 7.05 Å². The first-order valence-electron chi connectivity index (χ1n) is 5.87. The highest BCUT2D eigenvalue weighted by Crippen LogP contribution is 2.16. The van der Waals surface area contributed by atoms with Crippen LogP contribution in [0.15, 0.2) is 36.5 Å². The standard InChI is InChI=1S/C14H16N2O2/c1-10(2)18-12-6-4-11(5-7-12)14(17)13-8-9-15-16(13)3/h4-10H,1-3H3. The number of benzene rings is 1. The van der Waals surface area contributed by atoms with Crippen molar-refractivity contribution >= 4 is 5.78 Å². The zero-order valence-corrected chi connectivity index (χ0v) is 10.8. The monoisotopic (exact) mass is 244 g/mol. The van der Waals surface area contributed by atoms with Crippen molar-refractivity contribution in [1.29, 1.82) is 0 Å². The lowest BCUT2D eigenvalue weighted by molar-refractivity contribution is 0.103. The molecule has 0 N–H and O–H groups in total. The number of hydrogen-bond donors (Lipinski definition) is 0. The minimum Gasteiger partial charge on any atom is -0.491 e. The summed E-state index contributed by atoms with van der Waals surface area (Å²) in [6.45, 7) is 3.93. The molecule has 2 rings (SSSR count). The second-order valence-corrected chi connectivity index (χ2v) is 4.36. The molecule has 0 aliphatic heterocycles. The van der Waals surface area contributed by atoms with Crippen LogP contribution < -0.4 is 4.74 Å². The maximum atomic E-state index is 12.2. The number of nitrogens with zero attached hydrogens (tertiary/aromatic N) is 2. The summed E-state index contributed by atoms with van der Waals surface area (Å²) < 4.78 is 7.10. The normalized spacial score (nSPS) is 10.7. The van der Waals surface area contributed by atoms with E-state index in [0.29, 0.717) is 11.3 Å². The van der Waals surface area contributed by atoms with Gasteiger partial charge in [-0.25, -0.2) is 0 Å². The van der Waals surface area contributed by atoms with E-state index in [1.165, 1.54) is 0 Å². The first-order valence-corrected chi connectivity index (χ1v) is 5.87. The van der Waals surface area contributed by atoms with Crippen LogP contribution in [0.1, 0.15) is 29.9 Å². The van der Waals surface area contributed by atoms with Crippen molar-refractivity contribution in [3.63, 3.8) is 0 Å². The van der Waals surface area contributed by atoms with Crippen molar-refractivity contribution in [1.82, 2.24) is 9.78 Å². The van der Waals surface area contributed by atoms with Gasteiger partial charge in [0.05, 0.1) is 6.10 Å². The highest BCUT2D eigenvalue weighted by molar-refractivity contribution is 6.07. The Morgan fingerprint density at radius 2 is 1.89 bits per heavy atom. The Morgan fingerprint density at radius 1 is 1.22 bits per heavy atom. The third-order valence-corrected chi connectivity index (χ3v) is 2.54. The second kappa shape index (κ2) is 5.04. The Labute approximate surface area is 106 Å². The molecule has 4 heteroatoms. The SMILES string of the molecule is CC(C)Oc1ccc(C(=O)c2ccnn2C)cc1. The van der Waals surface area contributed by atoms with E-state index in [0.717, 1.165) is 5.75 Å². The zero-order chi connectivity index (χ0) is 13.1. The van der Waals surface area contributed by atoms with Crippen LogP contribution in [0, 0.1) is 0 Å². The van der Waals surface area contributed by atoms with Crippen LogP contribution in [0.4, 0.5) is 0 Å². The van der Waals surface area contributed by atoms with E-state index in [-0.39, 0.29) is 11.9 Å². The van der Waals surface area contributed by atoms with Crippen molar-refractivity contribution < 1.29 is 9.53 Å². The molecule has 1 heterocycles. The number of aromatic nitrogens is 2. The Morgan fingerprint density at radius 3 is 2.39 bits per heavy atom. The third-order valence-electron chi connectivity index (χ3n) is 2.54. The third kappa shape index (κ3) is 2.59. The molecular weight excluding hydrogens is 228 g/mol. The fourth-order valence-corrected chi connectivity index (χ4v) is 1.70. The van der Waals surface area contributed by atoms with E-state index in [2.05, 4.69) is 5.10 Å². The van der Waals surface area contributed by atoms with Gasteiger partial charge in [0, 0.05) is 18.8 Å². The van der Waals surface area contributed by atoms with Gasteiger partial charge in [-0.2, -0.15) is 5.10 Å². The molecular formula is C14H16N2O2. The summed E-state index contributed by atoms with van der Waals surface area (Å²) in [4.78, 5) is 12.2. The largest absolute Gasteiger partial charge is 0.491 e. The van der Waals surface area contributed by atoms with Gasteiger partial charge in [0.2, 0.25) is 5.78 Å².